The molecule has 0 aliphatic heterocycles. The van der Waals surface area contributed by atoms with Crippen LogP contribution >= 0.6 is 0 Å². The Morgan fingerprint density at radius 2 is 1.40 bits per heavy atom. The average Bonchev–Trinajstić information content (AvgIpc) is 3.37. The first-order valence-corrected chi connectivity index (χ1v) is 14.1. The van der Waals surface area contributed by atoms with Crippen LogP contribution in [0.2, 0.25) is 0 Å². The van der Waals surface area contributed by atoms with Gasteiger partial charge in [-0.1, -0.05) is 62.4 Å². The molecule has 4 unspecified atom stereocenters. The van der Waals surface area contributed by atoms with Gasteiger partial charge in [0.25, 0.3) is 0 Å². The zero-order valence-corrected chi connectivity index (χ0v) is 24.2. The zero-order valence-electron chi connectivity index (χ0n) is 24.2. The molecule has 43 heavy (non-hydrogen) atoms. The van der Waals surface area contributed by atoms with Crippen LogP contribution in [0.4, 0.5) is 0 Å². The maximum atomic E-state index is 13.6. The molecule has 1 heterocycles. The van der Waals surface area contributed by atoms with E-state index in [2.05, 4.69) is 20.9 Å². The lowest BCUT2D eigenvalue weighted by atomic mass is 10.0. The Labute approximate surface area is 249 Å². The molecule has 0 spiro atoms. The van der Waals surface area contributed by atoms with E-state index < -0.39 is 60.2 Å². The van der Waals surface area contributed by atoms with E-state index in [1.165, 1.54) is 0 Å². The topological polar surface area (TPSA) is 204 Å². The average molecular weight is 594 g/mol. The molecule has 0 aliphatic carbocycles. The minimum absolute atomic E-state index is 0.00821. The highest BCUT2D eigenvalue weighted by Crippen LogP contribution is 2.19. The number of carbonyl (C=O) groups excluding carboxylic acids is 3. The number of nitrogens with one attached hydrogen (secondary N) is 4. The number of carbonyl (C=O) groups is 5. The summed E-state index contributed by atoms with van der Waals surface area (Å²) in [5.74, 6) is -4.47. The second kappa shape index (κ2) is 15.5. The normalized spacial score (nSPS) is 14.0. The van der Waals surface area contributed by atoms with Gasteiger partial charge < -0.3 is 36.9 Å². The number of nitrogens with two attached hydrogens (primary N) is 1. The quantitative estimate of drug-likeness (QED) is 0.130. The Hall–Kier alpha value is -4.71. The van der Waals surface area contributed by atoms with Gasteiger partial charge in [0.1, 0.15) is 18.1 Å². The summed E-state index contributed by atoms with van der Waals surface area (Å²) >= 11 is 0. The fourth-order valence-electron chi connectivity index (χ4n) is 4.75. The number of fused-ring (bicyclic) bond motifs is 1. The van der Waals surface area contributed by atoms with Gasteiger partial charge >= 0.3 is 11.9 Å². The number of aromatic amines is 1. The number of carboxylic acids is 2. The number of rotatable bonds is 16. The summed E-state index contributed by atoms with van der Waals surface area (Å²) in [5.41, 5.74) is 8.17. The van der Waals surface area contributed by atoms with Crippen LogP contribution in [0.15, 0.2) is 60.8 Å². The van der Waals surface area contributed by atoms with E-state index in [9.17, 15) is 34.2 Å². The first kappa shape index (κ1) is 32.8. The van der Waals surface area contributed by atoms with Crippen LogP contribution in [-0.4, -0.2) is 69.0 Å². The minimum atomic E-state index is -1.29. The Morgan fingerprint density at radius 1 is 0.791 bits per heavy atom. The fraction of sp³-hybridized carbons (Fsp3) is 0.387. The molecule has 12 nitrogen and oxygen atoms in total. The first-order chi connectivity index (χ1) is 20.4. The van der Waals surface area contributed by atoms with E-state index in [1.54, 1.807) is 36.5 Å². The molecular weight excluding hydrogens is 554 g/mol. The van der Waals surface area contributed by atoms with Gasteiger partial charge in [0.2, 0.25) is 17.7 Å². The van der Waals surface area contributed by atoms with Crippen molar-refractivity contribution in [2.75, 3.05) is 0 Å². The van der Waals surface area contributed by atoms with Gasteiger partial charge in [-0.05, 0) is 36.0 Å². The lowest BCUT2D eigenvalue weighted by Crippen LogP contribution is -2.58. The summed E-state index contributed by atoms with van der Waals surface area (Å²) in [5, 5.41) is 27.6. The standard InChI is InChI=1S/C31H39N5O7/c1-18(2)14-22(32)28(39)34-24(12-13-27(37)38)29(40)35-25(16-20-17-33-23-11-7-6-10-21(20)23)30(41)36-26(31(42)43)15-19-8-4-3-5-9-19/h3-11,17-18,22,24-26,33H,12-16,32H2,1-2H3,(H,34,39)(H,35,40)(H,36,41)(H,37,38)(H,42,43). The summed E-state index contributed by atoms with van der Waals surface area (Å²) in [4.78, 5) is 66.3. The third-order valence-electron chi connectivity index (χ3n) is 6.97. The van der Waals surface area contributed by atoms with E-state index in [0.717, 1.165) is 10.9 Å². The van der Waals surface area contributed by atoms with Crippen molar-refractivity contribution in [3.8, 4) is 0 Å². The van der Waals surface area contributed by atoms with Crippen molar-refractivity contribution in [2.24, 2.45) is 11.7 Å². The Bertz CT molecular complexity index is 1420. The van der Waals surface area contributed by atoms with E-state index in [1.807, 2.05) is 38.1 Å². The van der Waals surface area contributed by atoms with Crippen molar-refractivity contribution in [3.63, 3.8) is 0 Å². The maximum absolute atomic E-state index is 13.6. The molecule has 0 bridgehead atoms. The zero-order chi connectivity index (χ0) is 31.5. The highest BCUT2D eigenvalue weighted by atomic mass is 16.4. The van der Waals surface area contributed by atoms with Crippen LogP contribution in [0.5, 0.6) is 0 Å². The van der Waals surface area contributed by atoms with E-state index in [4.69, 9.17) is 5.73 Å². The predicted molar refractivity (Wildman–Crippen MR) is 160 cm³/mol. The minimum Gasteiger partial charge on any atom is -0.481 e. The number of aliphatic carboxylic acids is 2. The largest absolute Gasteiger partial charge is 0.481 e. The predicted octanol–water partition coefficient (Wildman–Crippen LogP) is 1.73. The fourth-order valence-corrected chi connectivity index (χ4v) is 4.75. The van der Waals surface area contributed by atoms with Crippen molar-refractivity contribution in [2.45, 2.75) is 70.1 Å². The molecule has 12 heteroatoms. The molecular formula is C31H39N5O7. The van der Waals surface area contributed by atoms with Crippen molar-refractivity contribution in [3.05, 3.63) is 71.9 Å². The molecule has 0 aliphatic rings. The van der Waals surface area contributed by atoms with Gasteiger partial charge in [-0.2, -0.15) is 0 Å². The molecule has 0 saturated carbocycles. The number of hydrogen-bond donors (Lipinski definition) is 7. The van der Waals surface area contributed by atoms with Gasteiger partial charge in [-0.25, -0.2) is 4.79 Å². The van der Waals surface area contributed by atoms with E-state index in [-0.39, 0.29) is 25.2 Å². The Morgan fingerprint density at radius 3 is 2.05 bits per heavy atom. The summed E-state index contributed by atoms with van der Waals surface area (Å²) in [6.45, 7) is 3.77. The number of para-hydroxylation sites is 1. The Balaban J connectivity index is 1.86. The third-order valence-corrected chi connectivity index (χ3v) is 6.97. The SMILES string of the molecule is CC(C)CC(N)C(=O)NC(CCC(=O)O)C(=O)NC(Cc1c[nH]c2ccccc12)C(=O)NC(Cc1ccccc1)C(=O)O. The van der Waals surface area contributed by atoms with E-state index in [0.29, 0.717) is 17.5 Å². The van der Waals surface area contributed by atoms with Crippen LogP contribution in [0, 0.1) is 5.92 Å². The Kier molecular flexibility index (Phi) is 11.8. The first-order valence-electron chi connectivity index (χ1n) is 14.1. The third kappa shape index (κ3) is 9.96. The van der Waals surface area contributed by atoms with Crippen LogP contribution in [0.25, 0.3) is 10.9 Å². The lowest BCUT2D eigenvalue weighted by molar-refractivity contribution is -0.142. The summed E-state index contributed by atoms with van der Waals surface area (Å²) in [6, 6.07) is 11.4. The molecule has 0 radical (unpaired) electrons. The van der Waals surface area contributed by atoms with Crippen LogP contribution in [-0.2, 0) is 36.8 Å². The van der Waals surface area contributed by atoms with Crippen LogP contribution < -0.4 is 21.7 Å². The van der Waals surface area contributed by atoms with Gasteiger partial charge in [-0.3, -0.25) is 19.2 Å². The highest BCUT2D eigenvalue weighted by Gasteiger charge is 2.31. The molecule has 230 valence electrons. The molecule has 0 fully saturated rings. The maximum Gasteiger partial charge on any atom is 0.326 e. The monoisotopic (exact) mass is 593 g/mol. The van der Waals surface area contributed by atoms with Crippen molar-refractivity contribution in [1.82, 2.24) is 20.9 Å². The molecule has 4 atom stereocenters. The second-order valence-corrected chi connectivity index (χ2v) is 10.9. The lowest BCUT2D eigenvalue weighted by Gasteiger charge is -2.25. The van der Waals surface area contributed by atoms with Crippen molar-refractivity contribution < 1.29 is 34.2 Å². The molecule has 3 amide bonds. The number of amides is 3. The van der Waals surface area contributed by atoms with Gasteiger partial charge in [0.05, 0.1) is 6.04 Å². The second-order valence-electron chi connectivity index (χ2n) is 10.9. The van der Waals surface area contributed by atoms with Gasteiger partial charge in [-0.15, -0.1) is 0 Å². The number of hydrogen-bond acceptors (Lipinski definition) is 6. The molecule has 3 aromatic rings. The van der Waals surface area contributed by atoms with Crippen molar-refractivity contribution in [1.29, 1.82) is 0 Å². The molecule has 8 N–H and O–H groups in total. The summed E-state index contributed by atoms with van der Waals surface area (Å²) in [7, 11) is 0. The molecule has 3 rings (SSSR count). The van der Waals surface area contributed by atoms with Crippen molar-refractivity contribution >= 4 is 40.6 Å². The number of benzene rings is 2. The molecule has 0 saturated heterocycles. The number of carboxylic acid groups (broad SMARTS) is 2. The van der Waals surface area contributed by atoms with Gasteiger partial charge in [0.15, 0.2) is 0 Å². The number of H-pyrrole nitrogens is 1. The highest BCUT2D eigenvalue weighted by molar-refractivity contribution is 5.95. The smallest absolute Gasteiger partial charge is 0.326 e. The van der Waals surface area contributed by atoms with Gasteiger partial charge in [0, 0.05) is 36.4 Å². The summed E-state index contributed by atoms with van der Waals surface area (Å²) < 4.78 is 0. The van der Waals surface area contributed by atoms with Crippen LogP contribution in [0.1, 0.15) is 44.2 Å². The van der Waals surface area contributed by atoms with Crippen LogP contribution in [0.3, 0.4) is 0 Å². The number of aromatic nitrogens is 1. The molecule has 1 aromatic heterocycles. The molecule has 2 aromatic carbocycles. The summed E-state index contributed by atoms with van der Waals surface area (Å²) in [6.07, 6.45) is 1.39. The van der Waals surface area contributed by atoms with E-state index >= 15 is 0 Å².